The summed E-state index contributed by atoms with van der Waals surface area (Å²) in [6.45, 7) is 7.62. The second-order valence-electron chi connectivity index (χ2n) is 5.59. The van der Waals surface area contributed by atoms with E-state index in [4.69, 9.17) is 5.73 Å². The lowest BCUT2D eigenvalue weighted by molar-refractivity contribution is 0.311. The average Bonchev–Trinajstić information content (AvgIpc) is 2.38. The molecule has 3 heteroatoms. The molecule has 0 aromatic heterocycles. The zero-order valence-corrected chi connectivity index (χ0v) is 12.9. The maximum atomic E-state index is 5.74. The highest BCUT2D eigenvalue weighted by molar-refractivity contribution is 9.10. The van der Waals surface area contributed by atoms with E-state index in [0.29, 0.717) is 6.54 Å². The highest BCUT2D eigenvalue weighted by Gasteiger charge is 2.21. The van der Waals surface area contributed by atoms with Gasteiger partial charge < -0.3 is 10.6 Å². The number of rotatable bonds is 3. The highest BCUT2D eigenvalue weighted by Crippen LogP contribution is 2.29. The second kappa shape index (κ2) is 6.07. The topological polar surface area (TPSA) is 29.3 Å². The molecular weight excluding hydrogens is 288 g/mol. The van der Waals surface area contributed by atoms with Crippen molar-refractivity contribution in [2.45, 2.75) is 33.2 Å². The molecule has 0 bridgehead atoms. The number of nitrogens with zero attached hydrogens (tertiary/aromatic N) is 1. The van der Waals surface area contributed by atoms with Gasteiger partial charge in [0.1, 0.15) is 0 Å². The molecule has 0 saturated carbocycles. The molecule has 2 nitrogen and oxygen atoms in total. The van der Waals surface area contributed by atoms with Gasteiger partial charge in [0, 0.05) is 29.8 Å². The van der Waals surface area contributed by atoms with Gasteiger partial charge in [-0.1, -0.05) is 29.8 Å². The van der Waals surface area contributed by atoms with E-state index in [-0.39, 0.29) is 0 Å². The summed E-state index contributed by atoms with van der Waals surface area (Å²) in [7, 11) is 0. The van der Waals surface area contributed by atoms with Crippen molar-refractivity contribution in [2.24, 2.45) is 17.6 Å². The van der Waals surface area contributed by atoms with Gasteiger partial charge in [0.15, 0.2) is 0 Å². The van der Waals surface area contributed by atoms with Crippen molar-refractivity contribution in [3.63, 3.8) is 0 Å². The minimum Gasteiger partial charge on any atom is -0.371 e. The van der Waals surface area contributed by atoms with E-state index in [0.717, 1.165) is 16.3 Å². The van der Waals surface area contributed by atoms with Gasteiger partial charge >= 0.3 is 0 Å². The molecule has 1 fully saturated rings. The number of nitrogens with two attached hydrogens (primary N) is 1. The number of piperidine rings is 1. The summed E-state index contributed by atoms with van der Waals surface area (Å²) < 4.78 is 1.13. The monoisotopic (exact) mass is 310 g/mol. The van der Waals surface area contributed by atoms with Gasteiger partial charge in [0.2, 0.25) is 0 Å². The molecule has 2 N–H and O–H groups in total. The van der Waals surface area contributed by atoms with Crippen LogP contribution in [0.3, 0.4) is 0 Å². The van der Waals surface area contributed by atoms with Crippen LogP contribution in [0.5, 0.6) is 0 Å². The van der Waals surface area contributed by atoms with Crippen molar-refractivity contribution in [3.05, 3.63) is 28.2 Å². The normalized spacial score (nSPS) is 17.5. The number of halogens is 1. The van der Waals surface area contributed by atoms with Crippen molar-refractivity contribution < 1.29 is 0 Å². The average molecular weight is 311 g/mol. The molecule has 100 valence electrons. The first-order valence-electron chi connectivity index (χ1n) is 6.84. The van der Waals surface area contributed by atoms with Gasteiger partial charge in [-0.15, -0.1) is 0 Å². The number of hydrogen-bond acceptors (Lipinski definition) is 2. The molecule has 0 radical (unpaired) electrons. The maximum Gasteiger partial charge on any atom is 0.0380 e. The Morgan fingerprint density at radius 1 is 1.28 bits per heavy atom. The molecule has 0 aliphatic carbocycles. The lowest BCUT2D eigenvalue weighted by Crippen LogP contribution is -2.35. The van der Waals surface area contributed by atoms with Crippen molar-refractivity contribution >= 4 is 21.6 Å². The quantitative estimate of drug-likeness (QED) is 0.920. The molecule has 1 saturated heterocycles. The van der Waals surface area contributed by atoms with Gasteiger partial charge in [-0.3, -0.25) is 0 Å². The van der Waals surface area contributed by atoms with Crippen molar-refractivity contribution in [1.29, 1.82) is 0 Å². The molecule has 1 aromatic rings. The SMILES string of the molecule is CC(C)C1CCN(c2cc(Br)cc(CN)c2)CC1. The van der Waals surface area contributed by atoms with E-state index in [2.05, 4.69) is 52.9 Å². The van der Waals surface area contributed by atoms with Gasteiger partial charge in [0.25, 0.3) is 0 Å². The number of hydrogen-bond donors (Lipinski definition) is 1. The first-order valence-corrected chi connectivity index (χ1v) is 7.64. The van der Waals surface area contributed by atoms with Gasteiger partial charge in [-0.05, 0) is 48.4 Å². The minimum absolute atomic E-state index is 0.606. The van der Waals surface area contributed by atoms with E-state index in [1.54, 1.807) is 0 Å². The van der Waals surface area contributed by atoms with Crippen LogP contribution in [-0.4, -0.2) is 13.1 Å². The van der Waals surface area contributed by atoms with Crippen molar-refractivity contribution in [1.82, 2.24) is 0 Å². The van der Waals surface area contributed by atoms with Crippen LogP contribution in [0.15, 0.2) is 22.7 Å². The fourth-order valence-corrected chi connectivity index (χ4v) is 3.29. The van der Waals surface area contributed by atoms with E-state index in [9.17, 15) is 0 Å². The molecule has 1 aromatic carbocycles. The van der Waals surface area contributed by atoms with Crippen LogP contribution >= 0.6 is 15.9 Å². The Labute approximate surface area is 119 Å². The lowest BCUT2D eigenvalue weighted by Gasteiger charge is -2.35. The minimum atomic E-state index is 0.606. The maximum absolute atomic E-state index is 5.74. The summed E-state index contributed by atoms with van der Waals surface area (Å²) in [4.78, 5) is 2.49. The predicted molar refractivity (Wildman–Crippen MR) is 81.8 cm³/mol. The number of benzene rings is 1. The third kappa shape index (κ3) is 3.27. The third-order valence-corrected chi connectivity index (χ3v) is 4.48. The molecule has 0 amide bonds. The predicted octanol–water partition coefficient (Wildman–Crippen LogP) is 3.78. The Bertz CT molecular complexity index is 395. The summed E-state index contributed by atoms with van der Waals surface area (Å²) in [6, 6.07) is 6.53. The van der Waals surface area contributed by atoms with Crippen LogP contribution in [0.1, 0.15) is 32.3 Å². The highest BCUT2D eigenvalue weighted by atomic mass is 79.9. The summed E-state index contributed by atoms with van der Waals surface area (Å²) in [5.41, 5.74) is 8.25. The second-order valence-corrected chi connectivity index (χ2v) is 6.51. The van der Waals surface area contributed by atoms with Crippen LogP contribution in [0.25, 0.3) is 0 Å². The van der Waals surface area contributed by atoms with Gasteiger partial charge in [-0.25, -0.2) is 0 Å². The van der Waals surface area contributed by atoms with E-state index < -0.39 is 0 Å². The van der Waals surface area contributed by atoms with Crippen LogP contribution in [-0.2, 0) is 6.54 Å². The van der Waals surface area contributed by atoms with Crippen LogP contribution in [0, 0.1) is 11.8 Å². The standard InChI is InChI=1S/C15H23BrN2/c1-11(2)13-3-5-18(6-4-13)15-8-12(10-17)7-14(16)9-15/h7-9,11,13H,3-6,10,17H2,1-2H3. The first-order chi connectivity index (χ1) is 8.60. The first kappa shape index (κ1) is 13.9. The summed E-state index contributed by atoms with van der Waals surface area (Å²) >= 11 is 3.57. The Balaban J connectivity index is 2.07. The van der Waals surface area contributed by atoms with Crippen LogP contribution < -0.4 is 10.6 Å². The smallest absolute Gasteiger partial charge is 0.0380 e. The Morgan fingerprint density at radius 3 is 2.50 bits per heavy atom. The molecule has 1 aliphatic heterocycles. The van der Waals surface area contributed by atoms with Gasteiger partial charge in [0.05, 0.1) is 0 Å². The molecular formula is C15H23BrN2. The Kier molecular flexibility index (Phi) is 4.68. The molecule has 1 aliphatic rings. The van der Waals surface area contributed by atoms with E-state index in [1.807, 2.05) is 0 Å². The Morgan fingerprint density at radius 2 is 1.94 bits per heavy atom. The number of anilines is 1. The van der Waals surface area contributed by atoms with Crippen molar-refractivity contribution in [2.75, 3.05) is 18.0 Å². The zero-order chi connectivity index (χ0) is 13.1. The summed E-state index contributed by atoms with van der Waals surface area (Å²) in [5.74, 6) is 1.71. The molecule has 0 unspecified atom stereocenters. The summed E-state index contributed by atoms with van der Waals surface area (Å²) in [6.07, 6.45) is 2.62. The van der Waals surface area contributed by atoms with E-state index >= 15 is 0 Å². The molecule has 2 rings (SSSR count). The lowest BCUT2D eigenvalue weighted by atomic mass is 9.86. The van der Waals surface area contributed by atoms with Crippen molar-refractivity contribution in [3.8, 4) is 0 Å². The fraction of sp³-hybridized carbons (Fsp3) is 0.600. The fourth-order valence-electron chi connectivity index (χ4n) is 2.76. The zero-order valence-electron chi connectivity index (χ0n) is 11.3. The molecule has 1 heterocycles. The third-order valence-electron chi connectivity index (χ3n) is 4.03. The van der Waals surface area contributed by atoms with Gasteiger partial charge in [-0.2, -0.15) is 0 Å². The Hall–Kier alpha value is -0.540. The molecule has 18 heavy (non-hydrogen) atoms. The molecule has 0 atom stereocenters. The molecule has 0 spiro atoms. The largest absolute Gasteiger partial charge is 0.371 e. The van der Waals surface area contributed by atoms with E-state index in [1.165, 1.54) is 37.2 Å². The van der Waals surface area contributed by atoms with Crippen LogP contribution in [0.4, 0.5) is 5.69 Å². The summed E-state index contributed by atoms with van der Waals surface area (Å²) in [5, 5.41) is 0. The van der Waals surface area contributed by atoms with Crippen LogP contribution in [0.2, 0.25) is 0 Å².